The van der Waals surface area contributed by atoms with Gasteiger partial charge in [0.1, 0.15) is 17.9 Å². The number of anilines is 2. The number of benzene rings is 2. The maximum absolute atomic E-state index is 11.1. The van der Waals surface area contributed by atoms with Crippen molar-refractivity contribution in [1.29, 1.82) is 0 Å². The summed E-state index contributed by atoms with van der Waals surface area (Å²) in [5.41, 5.74) is 9.42. The highest BCUT2D eigenvalue weighted by Gasteiger charge is 2.18. The Bertz CT molecular complexity index is 1170. The molecular formula is C22H23N5O2. The summed E-state index contributed by atoms with van der Waals surface area (Å²) in [6, 6.07) is 15.4. The maximum Gasteiger partial charge on any atom is 0.221 e. The van der Waals surface area contributed by atoms with Gasteiger partial charge in [-0.2, -0.15) is 0 Å². The van der Waals surface area contributed by atoms with E-state index < -0.39 is 0 Å². The molecule has 1 atom stereocenters. The van der Waals surface area contributed by atoms with E-state index in [-0.39, 0.29) is 11.9 Å². The Morgan fingerprint density at radius 3 is 2.69 bits per heavy atom. The van der Waals surface area contributed by atoms with Gasteiger partial charge < -0.3 is 20.4 Å². The average molecular weight is 389 g/mol. The van der Waals surface area contributed by atoms with E-state index >= 15 is 0 Å². The fourth-order valence-electron chi connectivity index (χ4n) is 3.47. The molecule has 7 heteroatoms. The SMILES string of the molecule is CCC(COc1ccc(NC(C)=O)cc1)n1cnc2c(N)nc3ccccc3c21. The van der Waals surface area contributed by atoms with Crippen molar-refractivity contribution in [2.24, 2.45) is 0 Å². The Morgan fingerprint density at radius 2 is 1.97 bits per heavy atom. The van der Waals surface area contributed by atoms with E-state index in [9.17, 15) is 4.79 Å². The van der Waals surface area contributed by atoms with Crippen molar-refractivity contribution >= 4 is 39.3 Å². The molecule has 3 N–H and O–H groups in total. The number of amides is 1. The third-order valence-electron chi connectivity index (χ3n) is 4.92. The normalized spacial score (nSPS) is 12.2. The quantitative estimate of drug-likeness (QED) is 0.516. The molecule has 29 heavy (non-hydrogen) atoms. The Hall–Kier alpha value is -3.61. The molecule has 0 aliphatic carbocycles. The summed E-state index contributed by atoms with van der Waals surface area (Å²) in [5, 5.41) is 3.77. The maximum atomic E-state index is 11.1. The van der Waals surface area contributed by atoms with Gasteiger partial charge in [0.15, 0.2) is 5.82 Å². The standard InChI is InChI=1S/C22H23N5O2/c1-3-16(12-29-17-10-8-15(9-11-17)25-14(2)28)27-13-24-20-21(27)18-6-4-5-7-19(18)26-22(20)23/h4-11,13,16H,3,12H2,1-2H3,(H2,23,26)(H,25,28). The van der Waals surface area contributed by atoms with E-state index in [4.69, 9.17) is 10.5 Å². The fourth-order valence-corrected chi connectivity index (χ4v) is 3.47. The fraction of sp³-hybridized carbons (Fsp3) is 0.227. The zero-order valence-electron chi connectivity index (χ0n) is 16.4. The van der Waals surface area contributed by atoms with Gasteiger partial charge in [-0.1, -0.05) is 25.1 Å². The van der Waals surface area contributed by atoms with Crippen LogP contribution in [0.1, 0.15) is 26.3 Å². The molecule has 2 aromatic heterocycles. The molecule has 0 bridgehead atoms. The van der Waals surface area contributed by atoms with Crippen LogP contribution in [0.2, 0.25) is 0 Å². The van der Waals surface area contributed by atoms with Gasteiger partial charge in [0.05, 0.1) is 23.4 Å². The van der Waals surface area contributed by atoms with E-state index in [0.717, 1.165) is 34.3 Å². The number of nitrogen functional groups attached to an aromatic ring is 1. The molecular weight excluding hydrogens is 366 g/mol. The summed E-state index contributed by atoms with van der Waals surface area (Å²) in [6.07, 6.45) is 2.68. The number of hydrogen-bond donors (Lipinski definition) is 2. The predicted molar refractivity (Wildman–Crippen MR) is 115 cm³/mol. The summed E-state index contributed by atoms with van der Waals surface area (Å²) in [6.45, 7) is 4.09. The summed E-state index contributed by atoms with van der Waals surface area (Å²) >= 11 is 0. The van der Waals surface area contributed by atoms with Crippen LogP contribution in [-0.4, -0.2) is 27.0 Å². The first-order valence-electron chi connectivity index (χ1n) is 9.58. The Labute approximate surface area is 168 Å². The van der Waals surface area contributed by atoms with Crippen LogP contribution in [0.4, 0.5) is 11.5 Å². The van der Waals surface area contributed by atoms with E-state index in [1.165, 1.54) is 6.92 Å². The molecule has 0 aliphatic heterocycles. The van der Waals surface area contributed by atoms with Crippen molar-refractivity contribution in [3.05, 3.63) is 54.9 Å². The second-order valence-electron chi connectivity index (χ2n) is 6.94. The predicted octanol–water partition coefficient (Wildman–Crippen LogP) is 4.16. The highest BCUT2D eigenvalue weighted by atomic mass is 16.5. The van der Waals surface area contributed by atoms with Gasteiger partial charge in [0.2, 0.25) is 5.91 Å². The summed E-state index contributed by atoms with van der Waals surface area (Å²) in [7, 11) is 0. The van der Waals surface area contributed by atoms with Crippen molar-refractivity contribution in [3.63, 3.8) is 0 Å². The van der Waals surface area contributed by atoms with Gasteiger partial charge in [-0.15, -0.1) is 0 Å². The van der Waals surface area contributed by atoms with Crippen LogP contribution in [0.25, 0.3) is 21.9 Å². The van der Waals surface area contributed by atoms with Gasteiger partial charge >= 0.3 is 0 Å². The van der Waals surface area contributed by atoms with E-state index in [2.05, 4.69) is 26.8 Å². The number of ether oxygens (including phenoxy) is 1. The number of nitrogens with one attached hydrogen (secondary N) is 1. The number of hydrogen-bond acceptors (Lipinski definition) is 5. The average Bonchev–Trinajstić information content (AvgIpc) is 3.15. The summed E-state index contributed by atoms with van der Waals surface area (Å²) in [5.74, 6) is 1.08. The van der Waals surface area contributed by atoms with Crippen LogP contribution in [0.3, 0.4) is 0 Å². The van der Waals surface area contributed by atoms with Crippen molar-refractivity contribution in [3.8, 4) is 5.75 Å². The van der Waals surface area contributed by atoms with Crippen LogP contribution in [0, 0.1) is 0 Å². The number of aromatic nitrogens is 3. The van der Waals surface area contributed by atoms with Gasteiger partial charge in [-0.3, -0.25) is 4.79 Å². The zero-order valence-corrected chi connectivity index (χ0v) is 16.4. The molecule has 0 aliphatic rings. The second kappa shape index (κ2) is 7.79. The number of nitrogens with two attached hydrogens (primary N) is 1. The Kier molecular flexibility index (Phi) is 5.03. The monoisotopic (exact) mass is 389 g/mol. The Balaban J connectivity index is 1.61. The van der Waals surface area contributed by atoms with E-state index in [1.54, 1.807) is 0 Å². The molecule has 0 radical (unpaired) electrons. The number of nitrogens with zero attached hydrogens (tertiary/aromatic N) is 3. The lowest BCUT2D eigenvalue weighted by atomic mass is 10.1. The van der Waals surface area contributed by atoms with Crippen LogP contribution < -0.4 is 15.8 Å². The molecule has 0 saturated heterocycles. The van der Waals surface area contributed by atoms with Crippen LogP contribution >= 0.6 is 0 Å². The van der Waals surface area contributed by atoms with Crippen LogP contribution in [0.5, 0.6) is 5.75 Å². The number of fused-ring (bicyclic) bond motifs is 3. The Morgan fingerprint density at radius 1 is 1.21 bits per heavy atom. The number of para-hydroxylation sites is 1. The first kappa shape index (κ1) is 18.7. The second-order valence-corrected chi connectivity index (χ2v) is 6.94. The molecule has 0 spiro atoms. The lowest BCUT2D eigenvalue weighted by Gasteiger charge is -2.19. The molecule has 1 amide bonds. The van der Waals surface area contributed by atoms with Crippen LogP contribution in [-0.2, 0) is 4.79 Å². The molecule has 7 nitrogen and oxygen atoms in total. The highest BCUT2D eigenvalue weighted by Crippen LogP contribution is 2.30. The van der Waals surface area contributed by atoms with Crippen molar-refractivity contribution in [2.45, 2.75) is 26.3 Å². The third kappa shape index (κ3) is 3.71. The first-order valence-corrected chi connectivity index (χ1v) is 9.58. The third-order valence-corrected chi connectivity index (χ3v) is 4.92. The lowest BCUT2D eigenvalue weighted by Crippen LogP contribution is -2.16. The van der Waals surface area contributed by atoms with Crippen LogP contribution in [0.15, 0.2) is 54.9 Å². The number of carbonyl (C=O) groups excluding carboxylic acids is 1. The number of pyridine rings is 1. The molecule has 148 valence electrons. The molecule has 4 aromatic rings. The van der Waals surface area contributed by atoms with Gasteiger partial charge in [0.25, 0.3) is 0 Å². The minimum absolute atomic E-state index is 0.0835. The van der Waals surface area contributed by atoms with Crippen molar-refractivity contribution in [2.75, 3.05) is 17.7 Å². The number of rotatable bonds is 6. The molecule has 0 saturated carbocycles. The topological polar surface area (TPSA) is 95.1 Å². The van der Waals surface area contributed by atoms with E-state index in [1.807, 2.05) is 54.9 Å². The minimum Gasteiger partial charge on any atom is -0.491 e. The molecule has 2 aromatic carbocycles. The van der Waals surface area contributed by atoms with Crippen molar-refractivity contribution in [1.82, 2.24) is 14.5 Å². The van der Waals surface area contributed by atoms with Gasteiger partial charge in [-0.05, 0) is 36.8 Å². The number of carbonyl (C=O) groups is 1. The smallest absolute Gasteiger partial charge is 0.221 e. The van der Waals surface area contributed by atoms with Gasteiger partial charge in [0, 0.05) is 18.0 Å². The minimum atomic E-state index is -0.0994. The number of imidazole rings is 1. The molecule has 2 heterocycles. The largest absolute Gasteiger partial charge is 0.491 e. The summed E-state index contributed by atoms with van der Waals surface area (Å²) in [4.78, 5) is 20.1. The first-order chi connectivity index (χ1) is 14.1. The van der Waals surface area contributed by atoms with Gasteiger partial charge in [-0.25, -0.2) is 9.97 Å². The molecule has 1 unspecified atom stereocenters. The summed E-state index contributed by atoms with van der Waals surface area (Å²) < 4.78 is 8.15. The van der Waals surface area contributed by atoms with Crippen molar-refractivity contribution < 1.29 is 9.53 Å². The molecule has 0 fully saturated rings. The lowest BCUT2D eigenvalue weighted by molar-refractivity contribution is -0.114. The highest BCUT2D eigenvalue weighted by molar-refractivity contribution is 6.06. The van der Waals surface area contributed by atoms with E-state index in [0.29, 0.717) is 17.9 Å². The zero-order chi connectivity index (χ0) is 20.4. The molecule has 4 rings (SSSR count).